The van der Waals surface area contributed by atoms with E-state index in [1.165, 1.54) is 0 Å². The van der Waals surface area contributed by atoms with Crippen molar-refractivity contribution in [2.75, 3.05) is 0 Å². The highest BCUT2D eigenvalue weighted by atomic mass is 127. The van der Waals surface area contributed by atoms with E-state index in [9.17, 15) is 9.59 Å². The van der Waals surface area contributed by atoms with Crippen LogP contribution in [0.5, 0.6) is 0 Å². The van der Waals surface area contributed by atoms with Crippen LogP contribution in [0.4, 0.5) is 0 Å². The highest BCUT2D eigenvalue weighted by Gasteiger charge is 1.88. The molecule has 0 saturated carbocycles. The third kappa shape index (κ3) is 15.7. The Morgan fingerprint density at radius 1 is 0.900 bits per heavy atom. The Hall–Kier alpha value is 0.140. The molecule has 0 heterocycles. The van der Waals surface area contributed by atoms with Crippen LogP contribution in [-0.4, -0.2) is 22.2 Å². The van der Waals surface area contributed by atoms with Gasteiger partial charge in [-0.1, -0.05) is 0 Å². The Morgan fingerprint density at radius 2 is 1.10 bits per heavy atom. The average molecular weight is 372 g/mol. The monoisotopic (exact) mass is 372 g/mol. The first-order chi connectivity index (χ1) is 3.63. The Bertz CT molecular complexity index is 126. The van der Waals surface area contributed by atoms with Crippen LogP contribution in [0.25, 0.3) is 0 Å². The van der Waals surface area contributed by atoms with Gasteiger partial charge >= 0.3 is 11.9 Å². The van der Waals surface area contributed by atoms with Crippen LogP contribution >= 0.6 is 48.0 Å². The van der Waals surface area contributed by atoms with Crippen molar-refractivity contribution in [1.82, 2.24) is 0 Å². The Morgan fingerprint density at radius 3 is 1.20 bits per heavy atom. The van der Waals surface area contributed by atoms with E-state index >= 15 is 0 Å². The van der Waals surface area contributed by atoms with E-state index in [0.717, 1.165) is 0 Å². The van der Waals surface area contributed by atoms with Gasteiger partial charge in [0.25, 0.3) is 0 Å². The molecule has 0 aromatic rings. The van der Waals surface area contributed by atoms with Gasteiger partial charge in [-0.3, -0.25) is 0 Å². The molecule has 4 nitrogen and oxygen atoms in total. The second kappa shape index (κ2) is 9.14. The normalized spacial score (nSPS) is 7.60. The molecule has 2 N–H and O–H groups in total. The molecule has 0 aliphatic heterocycles. The Kier molecular flexibility index (Phi) is 15.2. The number of carboxylic acid groups (broad SMARTS) is 2. The molecule has 0 spiro atoms. The second-order valence-electron chi connectivity index (χ2n) is 1.01. The summed E-state index contributed by atoms with van der Waals surface area (Å²) in [6.45, 7) is 0. The lowest BCUT2D eigenvalue weighted by atomic mass is 10.5. The summed E-state index contributed by atoms with van der Waals surface area (Å²) in [6, 6.07) is 0. The molecule has 6 heteroatoms. The SMILES string of the molecule is I.I.O=C(O)/C=C\C(=O)O. The molecule has 0 aromatic heterocycles. The van der Waals surface area contributed by atoms with Crippen molar-refractivity contribution >= 4 is 59.9 Å². The van der Waals surface area contributed by atoms with Gasteiger partial charge in [0.2, 0.25) is 0 Å². The number of rotatable bonds is 2. The molecule has 0 amide bonds. The summed E-state index contributed by atoms with van der Waals surface area (Å²) in [5, 5.41) is 15.6. The standard InChI is InChI=1S/C4H4O4.2HI/c5-3(6)1-2-4(7)8;;/h1-2H,(H,5,6)(H,7,8);2*1H/b2-1-;;. The minimum Gasteiger partial charge on any atom is -0.478 e. The van der Waals surface area contributed by atoms with Gasteiger partial charge in [0, 0.05) is 12.2 Å². The van der Waals surface area contributed by atoms with Crippen molar-refractivity contribution in [3.8, 4) is 0 Å². The number of hydrogen-bond acceptors (Lipinski definition) is 2. The van der Waals surface area contributed by atoms with Gasteiger partial charge in [0.15, 0.2) is 0 Å². The van der Waals surface area contributed by atoms with Crippen molar-refractivity contribution in [1.29, 1.82) is 0 Å². The molecule has 0 bridgehead atoms. The molecule has 0 aliphatic carbocycles. The molecule has 0 atom stereocenters. The van der Waals surface area contributed by atoms with E-state index in [0.29, 0.717) is 12.2 Å². The maximum atomic E-state index is 9.55. The topological polar surface area (TPSA) is 74.6 Å². The summed E-state index contributed by atoms with van der Waals surface area (Å²) in [5.41, 5.74) is 0. The fourth-order valence-corrected chi connectivity index (χ4v) is 0.143. The van der Waals surface area contributed by atoms with E-state index in [1.807, 2.05) is 0 Å². The van der Waals surface area contributed by atoms with Crippen LogP contribution in [0.15, 0.2) is 12.2 Å². The first-order valence-corrected chi connectivity index (χ1v) is 1.77. The Balaban J connectivity index is -0.000000245. The van der Waals surface area contributed by atoms with Gasteiger partial charge in [-0.05, 0) is 0 Å². The lowest BCUT2D eigenvalue weighted by Crippen LogP contribution is -1.91. The average Bonchev–Trinajstić information content (AvgIpc) is 1.61. The molecular weight excluding hydrogens is 366 g/mol. The largest absolute Gasteiger partial charge is 0.478 e. The summed E-state index contributed by atoms with van der Waals surface area (Å²) >= 11 is 0. The predicted molar refractivity (Wildman–Crippen MR) is 55.2 cm³/mol. The number of carboxylic acids is 2. The summed E-state index contributed by atoms with van der Waals surface area (Å²) in [4.78, 5) is 19.1. The van der Waals surface area contributed by atoms with Gasteiger partial charge in [0.1, 0.15) is 0 Å². The van der Waals surface area contributed by atoms with Crippen LogP contribution < -0.4 is 0 Å². The molecule has 0 radical (unpaired) electrons. The minimum absolute atomic E-state index is 0. The van der Waals surface area contributed by atoms with E-state index in [1.54, 1.807) is 0 Å². The van der Waals surface area contributed by atoms with Gasteiger partial charge in [-0.25, -0.2) is 9.59 Å². The van der Waals surface area contributed by atoms with Crippen LogP contribution in [0.3, 0.4) is 0 Å². The van der Waals surface area contributed by atoms with E-state index in [-0.39, 0.29) is 48.0 Å². The quantitative estimate of drug-likeness (QED) is 0.560. The van der Waals surface area contributed by atoms with E-state index < -0.39 is 11.9 Å². The number of halogens is 2. The third-order valence-electron chi connectivity index (χ3n) is 0.368. The van der Waals surface area contributed by atoms with Crippen LogP contribution in [-0.2, 0) is 9.59 Å². The summed E-state index contributed by atoms with van der Waals surface area (Å²) in [7, 11) is 0. The van der Waals surface area contributed by atoms with Crippen LogP contribution in [0.1, 0.15) is 0 Å². The van der Waals surface area contributed by atoms with E-state index in [4.69, 9.17) is 10.2 Å². The second-order valence-corrected chi connectivity index (χ2v) is 1.01. The van der Waals surface area contributed by atoms with E-state index in [2.05, 4.69) is 0 Å². The van der Waals surface area contributed by atoms with Crippen molar-refractivity contribution in [2.24, 2.45) is 0 Å². The molecule has 10 heavy (non-hydrogen) atoms. The minimum atomic E-state index is -1.26. The molecular formula is C4H6I2O4. The molecule has 0 aromatic carbocycles. The van der Waals surface area contributed by atoms with Gasteiger partial charge < -0.3 is 10.2 Å². The molecule has 0 fully saturated rings. The fourth-order valence-electron chi connectivity index (χ4n) is 0.143. The third-order valence-corrected chi connectivity index (χ3v) is 0.368. The summed E-state index contributed by atoms with van der Waals surface area (Å²) in [6.07, 6.45) is 1.12. The van der Waals surface area contributed by atoms with Crippen LogP contribution in [0, 0.1) is 0 Å². The predicted octanol–water partition coefficient (Wildman–Crippen LogP) is 0.948. The van der Waals surface area contributed by atoms with Gasteiger partial charge in [-0.2, -0.15) is 0 Å². The first-order valence-electron chi connectivity index (χ1n) is 1.77. The highest BCUT2D eigenvalue weighted by Crippen LogP contribution is 1.70. The maximum Gasteiger partial charge on any atom is 0.328 e. The number of hydrogen-bond donors (Lipinski definition) is 2. The van der Waals surface area contributed by atoms with Crippen molar-refractivity contribution < 1.29 is 19.8 Å². The molecule has 0 unspecified atom stereocenters. The first kappa shape index (κ1) is 16.6. The lowest BCUT2D eigenvalue weighted by Gasteiger charge is -1.74. The molecule has 0 rings (SSSR count). The Labute approximate surface area is 91.3 Å². The number of aliphatic carboxylic acids is 2. The summed E-state index contributed by atoms with van der Waals surface area (Å²) in [5.74, 6) is -2.51. The van der Waals surface area contributed by atoms with Crippen molar-refractivity contribution in [3.05, 3.63) is 12.2 Å². The molecule has 0 saturated heterocycles. The number of carbonyl (C=O) groups is 2. The highest BCUT2D eigenvalue weighted by molar-refractivity contribution is 14.0. The molecule has 0 aliphatic rings. The van der Waals surface area contributed by atoms with Crippen molar-refractivity contribution in [2.45, 2.75) is 0 Å². The zero-order valence-corrected chi connectivity index (χ0v) is 9.34. The van der Waals surface area contributed by atoms with Gasteiger partial charge in [-0.15, -0.1) is 48.0 Å². The van der Waals surface area contributed by atoms with Crippen LogP contribution in [0.2, 0.25) is 0 Å². The van der Waals surface area contributed by atoms with Gasteiger partial charge in [0.05, 0.1) is 0 Å². The fraction of sp³-hybridized carbons (Fsp3) is 0. The zero-order chi connectivity index (χ0) is 6.57. The lowest BCUT2D eigenvalue weighted by molar-refractivity contribution is -0.134. The molecule has 60 valence electrons. The maximum absolute atomic E-state index is 9.55. The smallest absolute Gasteiger partial charge is 0.328 e. The summed E-state index contributed by atoms with van der Waals surface area (Å²) < 4.78 is 0. The zero-order valence-electron chi connectivity index (χ0n) is 4.68. The van der Waals surface area contributed by atoms with Crippen molar-refractivity contribution in [3.63, 3.8) is 0 Å².